The third-order valence-electron chi connectivity index (χ3n) is 2.58. The van der Waals surface area contributed by atoms with E-state index in [1.807, 2.05) is 12.1 Å². The summed E-state index contributed by atoms with van der Waals surface area (Å²) in [6.07, 6.45) is 1.14. The molecule has 84 valence electrons. The standard InChI is InChI=1S/C13H20ClN/c1-10(2)9-13(15(3)4)11-7-5-6-8-12(11)14/h5-8,10,13H,9H2,1-4H3. The largest absolute Gasteiger partial charge is 0.302 e. The van der Waals surface area contributed by atoms with Crippen molar-refractivity contribution in [2.45, 2.75) is 26.3 Å². The van der Waals surface area contributed by atoms with E-state index in [1.165, 1.54) is 5.56 Å². The molecule has 0 N–H and O–H groups in total. The summed E-state index contributed by atoms with van der Waals surface area (Å²) in [7, 11) is 4.22. The van der Waals surface area contributed by atoms with Gasteiger partial charge in [0, 0.05) is 11.1 Å². The first-order chi connectivity index (χ1) is 7.02. The predicted octanol–water partition coefficient (Wildman–Crippen LogP) is 3.99. The third kappa shape index (κ3) is 3.51. The van der Waals surface area contributed by atoms with E-state index in [0.717, 1.165) is 11.4 Å². The zero-order chi connectivity index (χ0) is 11.4. The number of benzene rings is 1. The molecule has 1 aromatic carbocycles. The molecule has 0 saturated carbocycles. The molecular formula is C13H20ClN. The second-order valence-electron chi connectivity index (χ2n) is 4.63. The van der Waals surface area contributed by atoms with Gasteiger partial charge in [-0.05, 0) is 38.1 Å². The Hall–Kier alpha value is -0.530. The highest BCUT2D eigenvalue weighted by Crippen LogP contribution is 2.30. The Kier molecular flexibility index (Phi) is 4.62. The quantitative estimate of drug-likeness (QED) is 0.749. The summed E-state index contributed by atoms with van der Waals surface area (Å²) in [6, 6.07) is 8.54. The Balaban J connectivity index is 2.94. The van der Waals surface area contributed by atoms with Crippen molar-refractivity contribution in [1.29, 1.82) is 0 Å². The summed E-state index contributed by atoms with van der Waals surface area (Å²) in [5, 5.41) is 0.872. The fourth-order valence-corrected chi connectivity index (χ4v) is 2.07. The SMILES string of the molecule is CC(C)CC(c1ccccc1Cl)N(C)C. The summed E-state index contributed by atoms with van der Waals surface area (Å²) in [6.45, 7) is 4.49. The first-order valence-corrected chi connectivity index (χ1v) is 5.81. The summed E-state index contributed by atoms with van der Waals surface area (Å²) >= 11 is 6.22. The lowest BCUT2D eigenvalue weighted by molar-refractivity contribution is 0.259. The number of rotatable bonds is 4. The number of nitrogens with zero attached hydrogens (tertiary/aromatic N) is 1. The predicted molar refractivity (Wildman–Crippen MR) is 67.3 cm³/mol. The maximum atomic E-state index is 6.22. The highest BCUT2D eigenvalue weighted by atomic mass is 35.5. The van der Waals surface area contributed by atoms with Gasteiger partial charge in [-0.3, -0.25) is 0 Å². The second-order valence-corrected chi connectivity index (χ2v) is 5.04. The molecule has 0 amide bonds. The lowest BCUT2D eigenvalue weighted by atomic mass is 9.96. The molecule has 1 rings (SSSR count). The van der Waals surface area contributed by atoms with Crippen LogP contribution in [0.3, 0.4) is 0 Å². The first-order valence-electron chi connectivity index (χ1n) is 5.43. The van der Waals surface area contributed by atoms with Gasteiger partial charge < -0.3 is 4.90 Å². The van der Waals surface area contributed by atoms with Gasteiger partial charge in [0.1, 0.15) is 0 Å². The molecule has 0 fully saturated rings. The zero-order valence-corrected chi connectivity index (χ0v) is 10.8. The van der Waals surface area contributed by atoms with E-state index in [9.17, 15) is 0 Å². The highest BCUT2D eigenvalue weighted by molar-refractivity contribution is 6.31. The summed E-state index contributed by atoms with van der Waals surface area (Å²) in [5.74, 6) is 0.675. The van der Waals surface area contributed by atoms with Gasteiger partial charge in [0.15, 0.2) is 0 Å². The molecule has 0 spiro atoms. The minimum atomic E-state index is 0.415. The van der Waals surface area contributed by atoms with Crippen LogP contribution in [-0.4, -0.2) is 19.0 Å². The van der Waals surface area contributed by atoms with Crippen molar-refractivity contribution >= 4 is 11.6 Å². The van der Waals surface area contributed by atoms with Crippen LogP contribution in [0.15, 0.2) is 24.3 Å². The van der Waals surface area contributed by atoms with E-state index in [1.54, 1.807) is 0 Å². The molecule has 1 atom stereocenters. The van der Waals surface area contributed by atoms with Gasteiger partial charge in [0.05, 0.1) is 0 Å². The first kappa shape index (κ1) is 12.5. The molecule has 1 aromatic rings. The van der Waals surface area contributed by atoms with Crippen LogP contribution in [0.1, 0.15) is 31.9 Å². The van der Waals surface area contributed by atoms with Crippen molar-refractivity contribution in [3.63, 3.8) is 0 Å². The minimum absolute atomic E-state index is 0.415. The summed E-state index contributed by atoms with van der Waals surface area (Å²) < 4.78 is 0. The van der Waals surface area contributed by atoms with E-state index in [4.69, 9.17) is 11.6 Å². The monoisotopic (exact) mass is 225 g/mol. The van der Waals surface area contributed by atoms with Gasteiger partial charge in [-0.25, -0.2) is 0 Å². The van der Waals surface area contributed by atoms with Crippen molar-refractivity contribution in [3.8, 4) is 0 Å². The fourth-order valence-electron chi connectivity index (χ4n) is 1.81. The van der Waals surface area contributed by atoms with Crippen LogP contribution in [-0.2, 0) is 0 Å². The molecule has 0 heterocycles. The average molecular weight is 226 g/mol. The molecule has 0 aliphatic carbocycles. The maximum Gasteiger partial charge on any atom is 0.0453 e. The molecule has 1 unspecified atom stereocenters. The normalized spacial score (nSPS) is 13.5. The number of hydrogen-bond acceptors (Lipinski definition) is 1. The molecule has 0 aromatic heterocycles. The fraction of sp³-hybridized carbons (Fsp3) is 0.538. The molecule has 2 heteroatoms. The van der Waals surface area contributed by atoms with Crippen molar-refractivity contribution in [1.82, 2.24) is 4.90 Å². The Bertz CT molecular complexity index is 307. The average Bonchev–Trinajstić information content (AvgIpc) is 2.15. The van der Waals surface area contributed by atoms with E-state index in [2.05, 4.69) is 45.0 Å². The van der Waals surface area contributed by atoms with E-state index in [0.29, 0.717) is 12.0 Å². The lowest BCUT2D eigenvalue weighted by Crippen LogP contribution is -2.21. The molecule has 1 nitrogen and oxygen atoms in total. The van der Waals surface area contributed by atoms with Crippen molar-refractivity contribution in [2.24, 2.45) is 5.92 Å². The van der Waals surface area contributed by atoms with Crippen molar-refractivity contribution in [2.75, 3.05) is 14.1 Å². The van der Waals surface area contributed by atoms with Crippen LogP contribution in [0.5, 0.6) is 0 Å². The topological polar surface area (TPSA) is 3.24 Å². The minimum Gasteiger partial charge on any atom is -0.302 e. The molecule has 0 aliphatic rings. The molecule has 15 heavy (non-hydrogen) atoms. The van der Waals surface area contributed by atoms with Crippen LogP contribution in [0.2, 0.25) is 5.02 Å². The maximum absolute atomic E-state index is 6.22. The second kappa shape index (κ2) is 5.53. The van der Waals surface area contributed by atoms with Gasteiger partial charge in [0.2, 0.25) is 0 Å². The van der Waals surface area contributed by atoms with Crippen LogP contribution in [0.25, 0.3) is 0 Å². The Labute approximate surface area is 98.0 Å². The number of hydrogen-bond donors (Lipinski definition) is 0. The summed E-state index contributed by atoms with van der Waals surface area (Å²) in [4.78, 5) is 2.24. The zero-order valence-electron chi connectivity index (χ0n) is 10.00. The Morgan fingerprint density at radius 2 is 1.80 bits per heavy atom. The molecule has 0 aliphatic heterocycles. The summed E-state index contributed by atoms with van der Waals surface area (Å²) in [5.41, 5.74) is 1.23. The molecule has 0 bridgehead atoms. The van der Waals surface area contributed by atoms with Crippen molar-refractivity contribution < 1.29 is 0 Å². The third-order valence-corrected chi connectivity index (χ3v) is 2.93. The van der Waals surface area contributed by atoms with E-state index < -0.39 is 0 Å². The van der Waals surface area contributed by atoms with Gasteiger partial charge in [0.25, 0.3) is 0 Å². The van der Waals surface area contributed by atoms with Gasteiger partial charge in [-0.1, -0.05) is 43.6 Å². The molecular weight excluding hydrogens is 206 g/mol. The van der Waals surface area contributed by atoms with Gasteiger partial charge in [-0.2, -0.15) is 0 Å². The van der Waals surface area contributed by atoms with Crippen molar-refractivity contribution in [3.05, 3.63) is 34.9 Å². The van der Waals surface area contributed by atoms with Crippen LogP contribution < -0.4 is 0 Å². The molecule has 0 radical (unpaired) electrons. The highest BCUT2D eigenvalue weighted by Gasteiger charge is 2.17. The van der Waals surface area contributed by atoms with Crippen LogP contribution >= 0.6 is 11.6 Å². The van der Waals surface area contributed by atoms with Crippen LogP contribution in [0, 0.1) is 5.92 Å². The number of halogens is 1. The van der Waals surface area contributed by atoms with Crippen LogP contribution in [0.4, 0.5) is 0 Å². The Morgan fingerprint density at radius 1 is 1.20 bits per heavy atom. The van der Waals surface area contributed by atoms with E-state index in [-0.39, 0.29) is 0 Å². The van der Waals surface area contributed by atoms with Gasteiger partial charge >= 0.3 is 0 Å². The van der Waals surface area contributed by atoms with E-state index >= 15 is 0 Å². The van der Waals surface area contributed by atoms with Gasteiger partial charge in [-0.15, -0.1) is 0 Å². The smallest absolute Gasteiger partial charge is 0.0453 e. The lowest BCUT2D eigenvalue weighted by Gasteiger charge is -2.27. The molecule has 0 saturated heterocycles. The Morgan fingerprint density at radius 3 is 2.27 bits per heavy atom.